The summed E-state index contributed by atoms with van der Waals surface area (Å²) >= 11 is 0. The Bertz CT molecular complexity index is 500. The molecule has 2 fully saturated rings. The fraction of sp³-hybridized carbons (Fsp3) is 0.611. The molecule has 128 valence electrons. The predicted octanol–water partition coefficient (Wildman–Crippen LogP) is 2.61. The second kappa shape index (κ2) is 8.67. The molecule has 1 aromatic rings. The third kappa shape index (κ3) is 4.69. The van der Waals surface area contributed by atoms with Gasteiger partial charge in [0.15, 0.2) is 0 Å². The largest absolute Gasteiger partial charge is 0.373 e. The van der Waals surface area contributed by atoms with E-state index in [1.807, 2.05) is 0 Å². The number of carbonyl (C=O) groups is 1. The minimum Gasteiger partial charge on any atom is -0.373 e. The minimum absolute atomic E-state index is 0. The molecule has 1 amide bonds. The van der Waals surface area contributed by atoms with Crippen LogP contribution in [0.4, 0.5) is 0 Å². The zero-order valence-corrected chi connectivity index (χ0v) is 14.5. The molecule has 2 N–H and O–H groups in total. The molecule has 0 bridgehead atoms. The highest BCUT2D eigenvalue weighted by Crippen LogP contribution is 2.33. The first-order valence-electron chi connectivity index (χ1n) is 8.40. The van der Waals surface area contributed by atoms with Crippen LogP contribution < -0.4 is 10.6 Å². The maximum atomic E-state index is 12.2. The summed E-state index contributed by atoms with van der Waals surface area (Å²) < 4.78 is 6.01. The van der Waals surface area contributed by atoms with Crippen LogP contribution >= 0.6 is 12.4 Å². The third-order valence-corrected chi connectivity index (χ3v) is 4.82. The van der Waals surface area contributed by atoms with Crippen molar-refractivity contribution in [1.29, 1.82) is 0 Å². The van der Waals surface area contributed by atoms with E-state index in [0.717, 1.165) is 39.0 Å². The second-order valence-electron chi connectivity index (χ2n) is 6.54. The normalized spacial score (nSPS) is 27.3. The van der Waals surface area contributed by atoms with Crippen molar-refractivity contribution in [2.45, 2.75) is 32.3 Å². The zero-order chi connectivity index (χ0) is 15.4. The van der Waals surface area contributed by atoms with Gasteiger partial charge in [0.05, 0.1) is 12.0 Å². The number of ether oxygens (including phenoxy) is 1. The Morgan fingerprint density at radius 2 is 2.09 bits per heavy atom. The lowest BCUT2D eigenvalue weighted by Crippen LogP contribution is -2.38. The van der Waals surface area contributed by atoms with Crippen molar-refractivity contribution in [3.63, 3.8) is 0 Å². The monoisotopic (exact) mass is 338 g/mol. The molecule has 3 atom stereocenters. The lowest BCUT2D eigenvalue weighted by Gasteiger charge is -2.32. The highest BCUT2D eigenvalue weighted by molar-refractivity contribution is 5.85. The quantitative estimate of drug-likeness (QED) is 0.887. The van der Waals surface area contributed by atoms with Crippen LogP contribution in [-0.4, -0.2) is 32.1 Å². The van der Waals surface area contributed by atoms with Crippen LogP contribution in [0.5, 0.6) is 0 Å². The topological polar surface area (TPSA) is 50.4 Å². The van der Waals surface area contributed by atoms with Crippen molar-refractivity contribution in [2.75, 3.05) is 26.2 Å². The lowest BCUT2D eigenvalue weighted by molar-refractivity contribution is -0.125. The highest BCUT2D eigenvalue weighted by atomic mass is 35.5. The molecule has 5 heteroatoms. The van der Waals surface area contributed by atoms with Gasteiger partial charge in [-0.3, -0.25) is 4.79 Å². The van der Waals surface area contributed by atoms with Gasteiger partial charge in [-0.15, -0.1) is 12.4 Å². The van der Waals surface area contributed by atoms with E-state index in [0.29, 0.717) is 12.5 Å². The molecule has 23 heavy (non-hydrogen) atoms. The van der Waals surface area contributed by atoms with Gasteiger partial charge in [-0.05, 0) is 38.3 Å². The summed E-state index contributed by atoms with van der Waals surface area (Å²) in [5.41, 5.74) is 2.49. The van der Waals surface area contributed by atoms with Crippen LogP contribution in [0.3, 0.4) is 0 Å². The average Bonchev–Trinajstić information content (AvgIpc) is 3.08. The molecular weight excluding hydrogens is 312 g/mol. The molecular formula is C18H27ClN2O2. The number of carbonyl (C=O) groups excluding carboxylic acids is 1. The molecule has 2 aliphatic heterocycles. The van der Waals surface area contributed by atoms with Crippen LogP contribution in [-0.2, 0) is 9.53 Å². The highest BCUT2D eigenvalue weighted by Gasteiger charge is 2.29. The van der Waals surface area contributed by atoms with Gasteiger partial charge in [0.2, 0.25) is 5.91 Å². The van der Waals surface area contributed by atoms with Gasteiger partial charge >= 0.3 is 0 Å². The zero-order valence-electron chi connectivity index (χ0n) is 13.7. The number of benzene rings is 1. The number of nitrogens with one attached hydrogen (secondary N) is 2. The smallest absolute Gasteiger partial charge is 0.224 e. The SMILES string of the molecule is Cc1ccc(C2OCCCC2CNC(=O)C2CCNC2)cc1.Cl. The van der Waals surface area contributed by atoms with Gasteiger partial charge in [-0.2, -0.15) is 0 Å². The van der Waals surface area contributed by atoms with Crippen molar-refractivity contribution in [3.05, 3.63) is 35.4 Å². The Hall–Kier alpha value is -1.10. The van der Waals surface area contributed by atoms with E-state index < -0.39 is 0 Å². The fourth-order valence-corrected chi connectivity index (χ4v) is 3.43. The Morgan fingerprint density at radius 1 is 1.30 bits per heavy atom. The molecule has 3 unspecified atom stereocenters. The minimum atomic E-state index is 0. The molecule has 0 radical (unpaired) electrons. The van der Waals surface area contributed by atoms with E-state index in [9.17, 15) is 4.79 Å². The second-order valence-corrected chi connectivity index (χ2v) is 6.54. The maximum Gasteiger partial charge on any atom is 0.224 e. The van der Waals surface area contributed by atoms with Gasteiger partial charge in [0, 0.05) is 25.6 Å². The summed E-state index contributed by atoms with van der Waals surface area (Å²) in [4.78, 5) is 12.2. The van der Waals surface area contributed by atoms with Crippen molar-refractivity contribution >= 4 is 18.3 Å². The standard InChI is InChI=1S/C18H26N2O2.ClH/c1-13-4-6-14(7-5-13)17-15(3-2-10-22-17)12-20-18(21)16-8-9-19-11-16;/h4-7,15-17,19H,2-3,8-12H2,1H3,(H,20,21);1H. The van der Waals surface area contributed by atoms with Crippen molar-refractivity contribution in [1.82, 2.24) is 10.6 Å². The molecule has 0 aromatic heterocycles. The predicted molar refractivity (Wildman–Crippen MR) is 93.8 cm³/mol. The first kappa shape index (κ1) is 18.2. The molecule has 1 aromatic carbocycles. The number of aryl methyl sites for hydroxylation is 1. The fourth-order valence-electron chi connectivity index (χ4n) is 3.43. The van der Waals surface area contributed by atoms with Crippen molar-refractivity contribution in [3.8, 4) is 0 Å². The van der Waals surface area contributed by atoms with E-state index >= 15 is 0 Å². The summed E-state index contributed by atoms with van der Waals surface area (Å²) in [6.45, 7) is 5.40. The maximum absolute atomic E-state index is 12.2. The summed E-state index contributed by atoms with van der Waals surface area (Å²) in [7, 11) is 0. The molecule has 2 saturated heterocycles. The van der Waals surface area contributed by atoms with Gasteiger partial charge < -0.3 is 15.4 Å². The van der Waals surface area contributed by atoms with Gasteiger partial charge in [0.1, 0.15) is 0 Å². The number of hydrogen-bond acceptors (Lipinski definition) is 3. The number of hydrogen-bond donors (Lipinski definition) is 2. The first-order chi connectivity index (χ1) is 10.7. The molecule has 0 spiro atoms. The van der Waals surface area contributed by atoms with Crippen LogP contribution in [0.15, 0.2) is 24.3 Å². The van der Waals surface area contributed by atoms with Gasteiger partial charge in [-0.1, -0.05) is 29.8 Å². The van der Waals surface area contributed by atoms with E-state index in [-0.39, 0.29) is 30.3 Å². The van der Waals surface area contributed by atoms with Crippen molar-refractivity contribution < 1.29 is 9.53 Å². The Kier molecular flexibility index (Phi) is 6.88. The lowest BCUT2D eigenvalue weighted by atomic mass is 9.89. The van der Waals surface area contributed by atoms with Gasteiger partial charge in [-0.25, -0.2) is 0 Å². The molecule has 4 nitrogen and oxygen atoms in total. The number of halogens is 1. The van der Waals surface area contributed by atoms with E-state index in [4.69, 9.17) is 4.74 Å². The Balaban J connectivity index is 0.00000192. The Morgan fingerprint density at radius 3 is 2.78 bits per heavy atom. The number of amides is 1. The van der Waals surface area contributed by atoms with E-state index in [2.05, 4.69) is 41.8 Å². The Labute approximate surface area is 144 Å². The van der Waals surface area contributed by atoms with Crippen LogP contribution in [0.1, 0.15) is 36.5 Å². The first-order valence-corrected chi connectivity index (χ1v) is 8.40. The van der Waals surface area contributed by atoms with Crippen LogP contribution in [0.2, 0.25) is 0 Å². The van der Waals surface area contributed by atoms with Gasteiger partial charge in [0.25, 0.3) is 0 Å². The molecule has 0 aliphatic carbocycles. The van der Waals surface area contributed by atoms with E-state index in [1.165, 1.54) is 11.1 Å². The molecule has 2 heterocycles. The molecule has 2 aliphatic rings. The summed E-state index contributed by atoms with van der Waals surface area (Å²) in [6, 6.07) is 8.57. The number of rotatable bonds is 4. The third-order valence-electron chi connectivity index (χ3n) is 4.82. The van der Waals surface area contributed by atoms with Crippen LogP contribution in [0, 0.1) is 18.8 Å². The summed E-state index contributed by atoms with van der Waals surface area (Å²) in [6.07, 6.45) is 3.25. The molecule has 0 saturated carbocycles. The van der Waals surface area contributed by atoms with Crippen LogP contribution in [0.25, 0.3) is 0 Å². The van der Waals surface area contributed by atoms with E-state index in [1.54, 1.807) is 0 Å². The summed E-state index contributed by atoms with van der Waals surface area (Å²) in [5, 5.41) is 6.39. The molecule has 3 rings (SSSR count). The van der Waals surface area contributed by atoms with Crippen molar-refractivity contribution in [2.24, 2.45) is 11.8 Å². The average molecular weight is 339 g/mol. The summed E-state index contributed by atoms with van der Waals surface area (Å²) in [5.74, 6) is 0.704.